The van der Waals surface area contributed by atoms with E-state index in [1.54, 1.807) is 6.07 Å². The summed E-state index contributed by atoms with van der Waals surface area (Å²) in [6.07, 6.45) is 0. The quantitative estimate of drug-likeness (QED) is 0.649. The fourth-order valence-electron chi connectivity index (χ4n) is 1.62. The minimum Gasteiger partial charge on any atom is -0.489 e. The van der Waals surface area contributed by atoms with Gasteiger partial charge in [0, 0.05) is 5.02 Å². The average molecular weight is 278 g/mol. The molecule has 3 nitrogen and oxygen atoms in total. The van der Waals surface area contributed by atoms with Gasteiger partial charge < -0.3 is 15.2 Å². The van der Waals surface area contributed by atoms with E-state index in [2.05, 4.69) is 0 Å². The number of nitrogen functional groups attached to an aromatic ring is 1. The summed E-state index contributed by atoms with van der Waals surface area (Å²) in [6.45, 7) is 1.42. The molecule has 0 heterocycles. The predicted molar refractivity (Wildman–Crippen MR) is 77.5 cm³/mol. The van der Waals surface area contributed by atoms with Gasteiger partial charge in [-0.25, -0.2) is 0 Å². The molecule has 0 saturated carbocycles. The van der Waals surface area contributed by atoms with Gasteiger partial charge in [-0.15, -0.1) is 0 Å². The van der Waals surface area contributed by atoms with Gasteiger partial charge in [0.25, 0.3) is 0 Å². The maximum Gasteiger partial charge on any atom is 0.142 e. The van der Waals surface area contributed by atoms with E-state index in [9.17, 15) is 0 Å². The second kappa shape index (κ2) is 7.02. The molecular formula is C15H16ClNO2. The molecule has 0 atom stereocenters. The van der Waals surface area contributed by atoms with Crippen LogP contribution >= 0.6 is 11.6 Å². The van der Waals surface area contributed by atoms with E-state index < -0.39 is 0 Å². The third-order valence-corrected chi connectivity index (χ3v) is 2.99. The van der Waals surface area contributed by atoms with Crippen LogP contribution in [-0.4, -0.2) is 13.2 Å². The summed E-state index contributed by atoms with van der Waals surface area (Å²) in [5.74, 6) is 0.684. The van der Waals surface area contributed by atoms with Gasteiger partial charge in [-0.1, -0.05) is 41.9 Å². The van der Waals surface area contributed by atoms with Crippen molar-refractivity contribution in [3.8, 4) is 5.75 Å². The second-order valence-corrected chi connectivity index (χ2v) is 4.44. The molecule has 0 fully saturated rings. The van der Waals surface area contributed by atoms with Crippen LogP contribution in [0, 0.1) is 0 Å². The highest BCUT2D eigenvalue weighted by Crippen LogP contribution is 2.19. The number of benzene rings is 2. The fourth-order valence-corrected chi connectivity index (χ4v) is 1.81. The van der Waals surface area contributed by atoms with E-state index in [0.717, 1.165) is 10.6 Å². The van der Waals surface area contributed by atoms with Crippen molar-refractivity contribution in [3.05, 3.63) is 59.1 Å². The molecule has 0 saturated heterocycles. The van der Waals surface area contributed by atoms with Crippen molar-refractivity contribution in [2.45, 2.75) is 6.61 Å². The molecule has 0 aliphatic rings. The molecule has 0 aromatic heterocycles. The number of para-hydroxylation sites is 2. The number of ether oxygens (including phenoxy) is 2. The Kier molecular flexibility index (Phi) is 5.07. The molecule has 2 aromatic rings. The highest BCUT2D eigenvalue weighted by atomic mass is 35.5. The number of hydrogen-bond donors (Lipinski definition) is 1. The number of hydrogen-bond acceptors (Lipinski definition) is 3. The van der Waals surface area contributed by atoms with Gasteiger partial charge >= 0.3 is 0 Å². The molecule has 0 aliphatic heterocycles. The summed E-state index contributed by atoms with van der Waals surface area (Å²) in [4.78, 5) is 0. The molecule has 0 spiro atoms. The highest BCUT2D eigenvalue weighted by Gasteiger charge is 2.00. The second-order valence-electron chi connectivity index (χ2n) is 4.03. The Morgan fingerprint density at radius 1 is 0.947 bits per heavy atom. The monoisotopic (exact) mass is 277 g/mol. The van der Waals surface area contributed by atoms with Gasteiger partial charge in [0.1, 0.15) is 12.4 Å². The predicted octanol–water partition coefficient (Wildman–Crippen LogP) is 3.52. The lowest BCUT2D eigenvalue weighted by molar-refractivity contribution is 0.0892. The number of anilines is 1. The number of rotatable bonds is 6. The molecule has 0 amide bonds. The van der Waals surface area contributed by atoms with Crippen molar-refractivity contribution in [1.82, 2.24) is 0 Å². The molecule has 0 unspecified atom stereocenters. The summed E-state index contributed by atoms with van der Waals surface area (Å²) in [7, 11) is 0. The van der Waals surface area contributed by atoms with Crippen molar-refractivity contribution in [1.29, 1.82) is 0 Å². The Labute approximate surface area is 117 Å². The minimum atomic E-state index is 0.457. The van der Waals surface area contributed by atoms with Crippen LogP contribution in [0.3, 0.4) is 0 Å². The summed E-state index contributed by atoms with van der Waals surface area (Å²) >= 11 is 6.03. The molecule has 2 rings (SSSR count). The highest BCUT2D eigenvalue weighted by molar-refractivity contribution is 6.31. The Morgan fingerprint density at radius 2 is 1.68 bits per heavy atom. The van der Waals surface area contributed by atoms with E-state index in [1.165, 1.54) is 0 Å². The molecular weight excluding hydrogens is 262 g/mol. The Balaban J connectivity index is 1.71. The topological polar surface area (TPSA) is 44.5 Å². The normalized spacial score (nSPS) is 10.4. The van der Waals surface area contributed by atoms with Crippen LogP contribution < -0.4 is 10.5 Å². The maximum absolute atomic E-state index is 6.03. The van der Waals surface area contributed by atoms with Gasteiger partial charge in [0.05, 0.1) is 18.9 Å². The van der Waals surface area contributed by atoms with Crippen LogP contribution in [0.25, 0.3) is 0 Å². The average Bonchev–Trinajstić information content (AvgIpc) is 2.42. The van der Waals surface area contributed by atoms with Crippen LogP contribution in [0.1, 0.15) is 5.56 Å². The smallest absolute Gasteiger partial charge is 0.142 e. The van der Waals surface area contributed by atoms with Crippen molar-refractivity contribution in [3.63, 3.8) is 0 Å². The van der Waals surface area contributed by atoms with E-state index >= 15 is 0 Å². The number of halogens is 1. The van der Waals surface area contributed by atoms with E-state index in [-0.39, 0.29) is 0 Å². The third-order valence-electron chi connectivity index (χ3n) is 2.62. The lowest BCUT2D eigenvalue weighted by atomic mass is 10.2. The minimum absolute atomic E-state index is 0.457. The summed E-state index contributed by atoms with van der Waals surface area (Å²) < 4.78 is 11.0. The van der Waals surface area contributed by atoms with Crippen LogP contribution in [0.15, 0.2) is 48.5 Å². The zero-order valence-electron chi connectivity index (χ0n) is 10.5. The third kappa shape index (κ3) is 4.16. The van der Waals surface area contributed by atoms with Crippen molar-refractivity contribution in [2.75, 3.05) is 18.9 Å². The van der Waals surface area contributed by atoms with Crippen LogP contribution in [-0.2, 0) is 11.3 Å². The van der Waals surface area contributed by atoms with Crippen molar-refractivity contribution >= 4 is 17.3 Å². The molecule has 2 N–H and O–H groups in total. The van der Waals surface area contributed by atoms with E-state index in [1.807, 2.05) is 42.5 Å². The molecule has 0 radical (unpaired) electrons. The zero-order valence-corrected chi connectivity index (χ0v) is 11.3. The SMILES string of the molecule is Nc1ccccc1OCCOCc1ccccc1Cl. The lowest BCUT2D eigenvalue weighted by Gasteiger charge is -2.09. The maximum atomic E-state index is 6.03. The summed E-state index contributed by atoms with van der Waals surface area (Å²) in [6, 6.07) is 15.0. The number of nitrogens with two attached hydrogens (primary N) is 1. The molecule has 4 heteroatoms. The van der Waals surface area contributed by atoms with Crippen LogP contribution in [0.4, 0.5) is 5.69 Å². The van der Waals surface area contributed by atoms with Gasteiger partial charge in [0.2, 0.25) is 0 Å². The van der Waals surface area contributed by atoms with Gasteiger partial charge in [-0.05, 0) is 23.8 Å². The molecule has 0 aliphatic carbocycles. The summed E-state index contributed by atoms with van der Waals surface area (Å²) in [5.41, 5.74) is 7.37. The standard InChI is InChI=1S/C15H16ClNO2/c16-13-6-2-1-5-12(13)11-18-9-10-19-15-8-4-3-7-14(15)17/h1-8H,9-11,17H2. The first kappa shape index (κ1) is 13.7. The Bertz CT molecular complexity index is 484. The van der Waals surface area contributed by atoms with Gasteiger partial charge in [0.15, 0.2) is 0 Å². The lowest BCUT2D eigenvalue weighted by Crippen LogP contribution is -2.07. The first-order chi connectivity index (χ1) is 9.27. The van der Waals surface area contributed by atoms with Crippen molar-refractivity contribution < 1.29 is 9.47 Å². The molecule has 100 valence electrons. The summed E-state index contributed by atoms with van der Waals surface area (Å²) in [5, 5.41) is 0.718. The zero-order chi connectivity index (χ0) is 13.5. The van der Waals surface area contributed by atoms with Gasteiger partial charge in [-0.3, -0.25) is 0 Å². The molecule has 19 heavy (non-hydrogen) atoms. The van der Waals surface area contributed by atoms with E-state index in [4.69, 9.17) is 26.8 Å². The van der Waals surface area contributed by atoms with Crippen LogP contribution in [0.5, 0.6) is 5.75 Å². The van der Waals surface area contributed by atoms with Crippen LogP contribution in [0.2, 0.25) is 5.02 Å². The largest absolute Gasteiger partial charge is 0.489 e. The molecule has 2 aromatic carbocycles. The van der Waals surface area contributed by atoms with Gasteiger partial charge in [-0.2, -0.15) is 0 Å². The van der Waals surface area contributed by atoms with Crippen molar-refractivity contribution in [2.24, 2.45) is 0 Å². The Hall–Kier alpha value is -1.71. The fraction of sp³-hybridized carbons (Fsp3) is 0.200. The first-order valence-electron chi connectivity index (χ1n) is 6.06. The first-order valence-corrected chi connectivity index (χ1v) is 6.43. The van der Waals surface area contributed by atoms with E-state index in [0.29, 0.717) is 31.3 Å². The molecule has 0 bridgehead atoms. The Morgan fingerprint density at radius 3 is 2.47 bits per heavy atom.